The first kappa shape index (κ1) is 8.85. The van der Waals surface area contributed by atoms with Crippen LogP contribution in [-0.2, 0) is 0 Å². The van der Waals surface area contributed by atoms with Gasteiger partial charge in [-0.05, 0) is 30.7 Å². The Morgan fingerprint density at radius 3 is 2.77 bits per heavy atom. The molecule has 1 aromatic carbocycles. The van der Waals surface area contributed by atoms with E-state index >= 15 is 0 Å². The van der Waals surface area contributed by atoms with Gasteiger partial charge in [-0.1, -0.05) is 11.6 Å². The monoisotopic (exact) mass is 196 g/mol. The van der Waals surface area contributed by atoms with Crippen LogP contribution in [0.4, 0.5) is 0 Å². The summed E-state index contributed by atoms with van der Waals surface area (Å²) >= 11 is 5.83. The lowest BCUT2D eigenvalue weighted by Gasteiger charge is -2.26. The highest BCUT2D eigenvalue weighted by atomic mass is 35.5. The lowest BCUT2D eigenvalue weighted by atomic mass is 10.2. The molecule has 0 unspecified atom stereocenters. The SMILES string of the molecule is Cc1cc(Cl)ccc1OC1C[N]C1. The second-order valence-corrected chi connectivity index (χ2v) is 3.67. The van der Waals surface area contributed by atoms with Crippen LogP contribution >= 0.6 is 11.6 Å². The average molecular weight is 197 g/mol. The molecule has 1 aromatic rings. The summed E-state index contributed by atoms with van der Waals surface area (Å²) in [6.45, 7) is 3.64. The van der Waals surface area contributed by atoms with Gasteiger partial charge in [-0.15, -0.1) is 0 Å². The zero-order chi connectivity index (χ0) is 9.26. The first-order chi connectivity index (χ1) is 6.25. The van der Waals surface area contributed by atoms with Crippen molar-refractivity contribution in [3.63, 3.8) is 0 Å². The van der Waals surface area contributed by atoms with Crippen molar-refractivity contribution in [2.75, 3.05) is 13.1 Å². The Kier molecular flexibility index (Phi) is 2.42. The predicted molar refractivity (Wildman–Crippen MR) is 52.5 cm³/mol. The molecule has 1 saturated heterocycles. The van der Waals surface area contributed by atoms with Crippen molar-refractivity contribution >= 4 is 11.6 Å². The van der Waals surface area contributed by atoms with Crippen molar-refractivity contribution in [3.8, 4) is 5.75 Å². The Hall–Kier alpha value is -0.730. The molecule has 0 aliphatic carbocycles. The first-order valence-corrected chi connectivity index (χ1v) is 4.69. The molecular weight excluding hydrogens is 186 g/mol. The highest BCUT2D eigenvalue weighted by Crippen LogP contribution is 2.23. The lowest BCUT2D eigenvalue weighted by molar-refractivity contribution is 0.138. The third kappa shape index (κ3) is 1.95. The Morgan fingerprint density at radius 2 is 2.23 bits per heavy atom. The van der Waals surface area contributed by atoms with Crippen molar-refractivity contribution in [1.82, 2.24) is 5.32 Å². The molecule has 0 spiro atoms. The average Bonchev–Trinajstić information content (AvgIpc) is 1.99. The largest absolute Gasteiger partial charge is 0.487 e. The quantitative estimate of drug-likeness (QED) is 0.710. The van der Waals surface area contributed by atoms with Crippen molar-refractivity contribution in [1.29, 1.82) is 0 Å². The molecular formula is C10H11ClNO. The van der Waals surface area contributed by atoms with Gasteiger partial charge in [0.1, 0.15) is 11.9 Å². The summed E-state index contributed by atoms with van der Waals surface area (Å²) in [5, 5.41) is 4.84. The summed E-state index contributed by atoms with van der Waals surface area (Å²) < 4.78 is 5.68. The molecule has 2 rings (SSSR count). The van der Waals surface area contributed by atoms with Gasteiger partial charge in [0.25, 0.3) is 0 Å². The van der Waals surface area contributed by atoms with Crippen LogP contribution in [0.25, 0.3) is 0 Å². The summed E-state index contributed by atoms with van der Waals surface area (Å²) in [6.07, 6.45) is 0.278. The van der Waals surface area contributed by atoms with Crippen LogP contribution in [0.15, 0.2) is 18.2 Å². The number of benzene rings is 1. The van der Waals surface area contributed by atoms with E-state index in [0.29, 0.717) is 0 Å². The topological polar surface area (TPSA) is 23.3 Å². The molecule has 0 aromatic heterocycles. The fourth-order valence-corrected chi connectivity index (χ4v) is 1.46. The minimum absolute atomic E-state index is 0.278. The number of halogens is 1. The molecule has 13 heavy (non-hydrogen) atoms. The Labute approximate surface area is 82.9 Å². The third-order valence-electron chi connectivity index (χ3n) is 2.10. The zero-order valence-electron chi connectivity index (χ0n) is 7.46. The summed E-state index contributed by atoms with van der Waals surface area (Å²) in [4.78, 5) is 0. The summed E-state index contributed by atoms with van der Waals surface area (Å²) in [6, 6.07) is 5.67. The highest BCUT2D eigenvalue weighted by molar-refractivity contribution is 6.30. The van der Waals surface area contributed by atoms with Gasteiger partial charge >= 0.3 is 0 Å². The van der Waals surface area contributed by atoms with Crippen molar-refractivity contribution < 1.29 is 4.74 Å². The minimum Gasteiger partial charge on any atom is -0.487 e. The molecule has 69 valence electrons. The van der Waals surface area contributed by atoms with Gasteiger partial charge < -0.3 is 4.74 Å². The van der Waals surface area contributed by atoms with Gasteiger partial charge in [-0.25, -0.2) is 5.32 Å². The van der Waals surface area contributed by atoms with E-state index < -0.39 is 0 Å². The van der Waals surface area contributed by atoms with E-state index in [1.165, 1.54) is 0 Å². The molecule has 0 N–H and O–H groups in total. The maximum atomic E-state index is 5.83. The van der Waals surface area contributed by atoms with Crippen LogP contribution in [0.3, 0.4) is 0 Å². The third-order valence-corrected chi connectivity index (χ3v) is 2.33. The maximum absolute atomic E-state index is 5.83. The summed E-state index contributed by atoms with van der Waals surface area (Å²) in [5.41, 5.74) is 1.08. The summed E-state index contributed by atoms with van der Waals surface area (Å²) in [7, 11) is 0. The fraction of sp³-hybridized carbons (Fsp3) is 0.400. The predicted octanol–water partition coefficient (Wildman–Crippen LogP) is 2.01. The van der Waals surface area contributed by atoms with Gasteiger partial charge in [0.15, 0.2) is 0 Å². The van der Waals surface area contributed by atoms with E-state index in [2.05, 4.69) is 5.32 Å². The Bertz CT molecular complexity index is 310. The number of nitrogens with zero attached hydrogens (tertiary/aromatic N) is 1. The van der Waals surface area contributed by atoms with Gasteiger partial charge in [-0.3, -0.25) is 0 Å². The minimum atomic E-state index is 0.278. The second kappa shape index (κ2) is 3.56. The molecule has 1 aliphatic rings. The molecule has 2 nitrogen and oxygen atoms in total. The lowest BCUT2D eigenvalue weighted by Crippen LogP contribution is -2.45. The maximum Gasteiger partial charge on any atom is 0.127 e. The van der Waals surface area contributed by atoms with Gasteiger partial charge in [0.2, 0.25) is 0 Å². The molecule has 1 fully saturated rings. The molecule has 0 amide bonds. The molecule has 1 heterocycles. The van der Waals surface area contributed by atoms with E-state index in [-0.39, 0.29) is 6.10 Å². The molecule has 0 saturated carbocycles. The van der Waals surface area contributed by atoms with Crippen LogP contribution in [0.1, 0.15) is 5.56 Å². The number of aryl methyl sites for hydroxylation is 1. The number of hydrogen-bond donors (Lipinski definition) is 0. The molecule has 0 bridgehead atoms. The molecule has 0 atom stereocenters. The second-order valence-electron chi connectivity index (χ2n) is 3.24. The first-order valence-electron chi connectivity index (χ1n) is 4.32. The van der Waals surface area contributed by atoms with Crippen LogP contribution in [-0.4, -0.2) is 19.2 Å². The Balaban J connectivity index is 2.10. The standard InChI is InChI=1S/C10H11ClNO/c1-7-4-8(11)2-3-10(7)13-9-5-12-6-9/h2-4,9H,5-6H2,1H3. The van der Waals surface area contributed by atoms with E-state index in [1.54, 1.807) is 0 Å². The molecule has 3 heteroatoms. The van der Waals surface area contributed by atoms with Crippen molar-refractivity contribution in [2.45, 2.75) is 13.0 Å². The fourth-order valence-electron chi connectivity index (χ4n) is 1.23. The van der Waals surface area contributed by atoms with E-state index in [1.807, 2.05) is 25.1 Å². The molecule has 1 radical (unpaired) electrons. The van der Waals surface area contributed by atoms with E-state index in [9.17, 15) is 0 Å². The van der Waals surface area contributed by atoms with Gasteiger partial charge in [0.05, 0.1) is 13.1 Å². The van der Waals surface area contributed by atoms with E-state index in [4.69, 9.17) is 16.3 Å². The number of hydrogen-bond acceptors (Lipinski definition) is 1. The van der Waals surface area contributed by atoms with Gasteiger partial charge in [0, 0.05) is 5.02 Å². The van der Waals surface area contributed by atoms with Crippen molar-refractivity contribution in [2.24, 2.45) is 0 Å². The highest BCUT2D eigenvalue weighted by Gasteiger charge is 2.20. The van der Waals surface area contributed by atoms with Crippen LogP contribution < -0.4 is 10.1 Å². The molecule has 1 aliphatic heterocycles. The van der Waals surface area contributed by atoms with Gasteiger partial charge in [-0.2, -0.15) is 0 Å². The number of rotatable bonds is 2. The normalized spacial score (nSPS) is 16.8. The number of ether oxygens (including phenoxy) is 1. The zero-order valence-corrected chi connectivity index (χ0v) is 8.21. The summed E-state index contributed by atoms with van der Waals surface area (Å²) in [5.74, 6) is 0.921. The Morgan fingerprint density at radius 1 is 1.46 bits per heavy atom. The van der Waals surface area contributed by atoms with E-state index in [0.717, 1.165) is 29.4 Å². The smallest absolute Gasteiger partial charge is 0.127 e. The van der Waals surface area contributed by atoms with Crippen LogP contribution in [0, 0.1) is 6.92 Å². The van der Waals surface area contributed by atoms with Crippen molar-refractivity contribution in [3.05, 3.63) is 28.8 Å². The van der Waals surface area contributed by atoms with Crippen LogP contribution in [0.5, 0.6) is 5.75 Å². The van der Waals surface area contributed by atoms with Crippen LogP contribution in [0.2, 0.25) is 5.02 Å².